The van der Waals surface area contributed by atoms with E-state index in [2.05, 4.69) is 5.32 Å². The summed E-state index contributed by atoms with van der Waals surface area (Å²) in [5.74, 6) is 1.31. The summed E-state index contributed by atoms with van der Waals surface area (Å²) in [5, 5.41) is 5.14. The standard InChI is InChI=1S/C22H23NO3/c1-3-25-21-11-7-6-10-19(21)15-23-22(24)16(2)26-20-13-12-17-8-4-5-9-18(17)14-20/h4-14,16H,3,15H2,1-2H3,(H,23,24)/t16-/m1/s1. The number of hydrogen-bond donors (Lipinski definition) is 1. The minimum atomic E-state index is -0.588. The van der Waals surface area contributed by atoms with Gasteiger partial charge in [-0.2, -0.15) is 0 Å². The van der Waals surface area contributed by atoms with Crippen molar-refractivity contribution in [2.45, 2.75) is 26.5 Å². The van der Waals surface area contributed by atoms with Crippen LogP contribution in [0.5, 0.6) is 11.5 Å². The summed E-state index contributed by atoms with van der Waals surface area (Å²) < 4.78 is 11.4. The van der Waals surface area contributed by atoms with Crippen LogP contribution in [-0.4, -0.2) is 18.6 Å². The van der Waals surface area contributed by atoms with Crippen molar-refractivity contribution in [2.24, 2.45) is 0 Å². The van der Waals surface area contributed by atoms with Crippen molar-refractivity contribution in [3.8, 4) is 11.5 Å². The molecule has 0 aliphatic heterocycles. The first-order chi connectivity index (χ1) is 12.7. The van der Waals surface area contributed by atoms with Crippen molar-refractivity contribution in [3.63, 3.8) is 0 Å². The van der Waals surface area contributed by atoms with Gasteiger partial charge in [-0.15, -0.1) is 0 Å². The van der Waals surface area contributed by atoms with E-state index < -0.39 is 6.10 Å². The van der Waals surface area contributed by atoms with Gasteiger partial charge >= 0.3 is 0 Å². The average molecular weight is 349 g/mol. The maximum Gasteiger partial charge on any atom is 0.261 e. The van der Waals surface area contributed by atoms with Gasteiger partial charge in [0.05, 0.1) is 6.61 Å². The third-order valence-corrected chi connectivity index (χ3v) is 4.13. The molecule has 1 N–H and O–H groups in total. The van der Waals surface area contributed by atoms with Crippen LogP contribution in [0.2, 0.25) is 0 Å². The van der Waals surface area contributed by atoms with Gasteiger partial charge in [0.2, 0.25) is 0 Å². The molecule has 4 heteroatoms. The third kappa shape index (κ3) is 4.33. The van der Waals surface area contributed by atoms with E-state index in [1.165, 1.54) is 0 Å². The predicted octanol–water partition coefficient (Wildman–Crippen LogP) is 4.32. The number of hydrogen-bond acceptors (Lipinski definition) is 3. The number of ether oxygens (including phenoxy) is 2. The van der Waals surface area contributed by atoms with Crippen LogP contribution in [0.3, 0.4) is 0 Å². The molecule has 4 nitrogen and oxygen atoms in total. The fourth-order valence-corrected chi connectivity index (χ4v) is 2.77. The second-order valence-corrected chi connectivity index (χ2v) is 6.03. The smallest absolute Gasteiger partial charge is 0.261 e. The van der Waals surface area contributed by atoms with Crippen LogP contribution in [0.25, 0.3) is 10.8 Å². The van der Waals surface area contributed by atoms with Crippen molar-refractivity contribution in [1.82, 2.24) is 5.32 Å². The van der Waals surface area contributed by atoms with E-state index in [0.29, 0.717) is 18.9 Å². The summed E-state index contributed by atoms with van der Waals surface area (Å²) in [6.07, 6.45) is -0.588. The average Bonchev–Trinajstić information content (AvgIpc) is 2.67. The summed E-state index contributed by atoms with van der Waals surface area (Å²) in [6.45, 7) is 4.68. The Morgan fingerprint density at radius 2 is 1.73 bits per heavy atom. The van der Waals surface area contributed by atoms with E-state index in [1.807, 2.05) is 73.7 Å². The molecule has 0 heterocycles. The predicted molar refractivity (Wildman–Crippen MR) is 103 cm³/mol. The largest absolute Gasteiger partial charge is 0.494 e. The van der Waals surface area contributed by atoms with Gasteiger partial charge in [0.25, 0.3) is 5.91 Å². The first kappa shape index (κ1) is 17.8. The maximum atomic E-state index is 12.4. The molecule has 0 spiro atoms. The van der Waals surface area contributed by atoms with Crippen molar-refractivity contribution in [1.29, 1.82) is 0 Å². The molecule has 134 valence electrons. The summed E-state index contributed by atoms with van der Waals surface area (Å²) >= 11 is 0. The van der Waals surface area contributed by atoms with Crippen LogP contribution >= 0.6 is 0 Å². The Bertz CT molecular complexity index is 891. The zero-order valence-electron chi connectivity index (χ0n) is 15.1. The molecule has 0 aliphatic rings. The fourth-order valence-electron chi connectivity index (χ4n) is 2.77. The van der Waals surface area contributed by atoms with E-state index in [1.54, 1.807) is 6.92 Å². The zero-order chi connectivity index (χ0) is 18.4. The molecule has 0 fully saturated rings. The molecule has 0 radical (unpaired) electrons. The number of rotatable bonds is 7. The Kier molecular flexibility index (Phi) is 5.74. The molecular weight excluding hydrogens is 326 g/mol. The van der Waals surface area contributed by atoms with Gasteiger partial charge in [-0.25, -0.2) is 0 Å². The molecular formula is C22H23NO3. The normalized spacial score (nSPS) is 11.8. The fraction of sp³-hybridized carbons (Fsp3) is 0.227. The van der Waals surface area contributed by atoms with Gasteiger partial charge in [-0.05, 0) is 42.8 Å². The molecule has 0 aromatic heterocycles. The first-order valence-electron chi connectivity index (χ1n) is 8.81. The second kappa shape index (κ2) is 8.39. The molecule has 0 saturated carbocycles. The monoisotopic (exact) mass is 349 g/mol. The zero-order valence-corrected chi connectivity index (χ0v) is 15.1. The van der Waals surface area contributed by atoms with Gasteiger partial charge < -0.3 is 14.8 Å². The molecule has 3 aromatic carbocycles. The molecule has 1 amide bonds. The first-order valence-corrected chi connectivity index (χ1v) is 8.81. The van der Waals surface area contributed by atoms with Gasteiger partial charge in [0.1, 0.15) is 11.5 Å². The SMILES string of the molecule is CCOc1ccccc1CNC(=O)[C@@H](C)Oc1ccc2ccccc2c1. The number of carbonyl (C=O) groups is 1. The number of nitrogens with one attached hydrogen (secondary N) is 1. The van der Waals surface area contributed by atoms with Crippen LogP contribution in [0.1, 0.15) is 19.4 Å². The number of para-hydroxylation sites is 1. The van der Waals surface area contributed by atoms with Crippen molar-refractivity contribution >= 4 is 16.7 Å². The Morgan fingerprint density at radius 1 is 1.00 bits per heavy atom. The lowest BCUT2D eigenvalue weighted by atomic mass is 10.1. The number of carbonyl (C=O) groups excluding carboxylic acids is 1. The van der Waals surface area contributed by atoms with E-state index >= 15 is 0 Å². The highest BCUT2D eigenvalue weighted by molar-refractivity contribution is 5.84. The highest BCUT2D eigenvalue weighted by Crippen LogP contribution is 2.22. The molecule has 0 aliphatic carbocycles. The Labute approximate surface area is 153 Å². The Balaban J connectivity index is 1.60. The summed E-state index contributed by atoms with van der Waals surface area (Å²) in [4.78, 5) is 12.4. The molecule has 0 unspecified atom stereocenters. The van der Waals surface area contributed by atoms with E-state index in [4.69, 9.17) is 9.47 Å². The van der Waals surface area contributed by atoms with Gasteiger partial charge in [-0.3, -0.25) is 4.79 Å². The van der Waals surface area contributed by atoms with E-state index in [9.17, 15) is 4.79 Å². The highest BCUT2D eigenvalue weighted by Gasteiger charge is 2.15. The lowest BCUT2D eigenvalue weighted by Crippen LogP contribution is -2.36. The second-order valence-electron chi connectivity index (χ2n) is 6.03. The Hall–Kier alpha value is -3.01. The van der Waals surface area contributed by atoms with Crippen LogP contribution in [0.4, 0.5) is 0 Å². The molecule has 3 rings (SSSR count). The van der Waals surface area contributed by atoms with Crippen molar-refractivity contribution in [3.05, 3.63) is 72.3 Å². The maximum absolute atomic E-state index is 12.4. The molecule has 3 aromatic rings. The number of benzene rings is 3. The van der Waals surface area contributed by atoms with Crippen LogP contribution in [0, 0.1) is 0 Å². The highest BCUT2D eigenvalue weighted by atomic mass is 16.5. The topological polar surface area (TPSA) is 47.6 Å². The number of amides is 1. The molecule has 0 saturated heterocycles. The van der Waals surface area contributed by atoms with Crippen molar-refractivity contribution < 1.29 is 14.3 Å². The molecule has 0 bridgehead atoms. The molecule has 26 heavy (non-hydrogen) atoms. The van der Waals surface area contributed by atoms with Crippen LogP contribution in [0.15, 0.2) is 66.7 Å². The van der Waals surface area contributed by atoms with Gasteiger partial charge in [0, 0.05) is 12.1 Å². The Morgan fingerprint density at radius 3 is 2.54 bits per heavy atom. The van der Waals surface area contributed by atoms with Crippen LogP contribution < -0.4 is 14.8 Å². The summed E-state index contributed by atoms with van der Waals surface area (Å²) in [7, 11) is 0. The quantitative estimate of drug-likeness (QED) is 0.691. The summed E-state index contributed by atoms with van der Waals surface area (Å²) in [5.41, 5.74) is 0.945. The molecule has 1 atom stereocenters. The number of fused-ring (bicyclic) bond motifs is 1. The van der Waals surface area contributed by atoms with Gasteiger partial charge in [-0.1, -0.05) is 48.5 Å². The minimum absolute atomic E-state index is 0.163. The van der Waals surface area contributed by atoms with E-state index in [-0.39, 0.29) is 5.91 Å². The minimum Gasteiger partial charge on any atom is -0.494 e. The van der Waals surface area contributed by atoms with Crippen molar-refractivity contribution in [2.75, 3.05) is 6.61 Å². The third-order valence-electron chi connectivity index (χ3n) is 4.13. The van der Waals surface area contributed by atoms with Crippen LogP contribution in [-0.2, 0) is 11.3 Å². The van der Waals surface area contributed by atoms with Gasteiger partial charge in [0.15, 0.2) is 6.10 Å². The lowest BCUT2D eigenvalue weighted by Gasteiger charge is -2.16. The lowest BCUT2D eigenvalue weighted by molar-refractivity contribution is -0.127. The summed E-state index contributed by atoms with van der Waals surface area (Å²) in [6, 6.07) is 21.6. The van der Waals surface area contributed by atoms with E-state index in [0.717, 1.165) is 22.1 Å².